The van der Waals surface area contributed by atoms with E-state index in [1.807, 2.05) is 31.2 Å². The van der Waals surface area contributed by atoms with Crippen LogP contribution in [0.2, 0.25) is 0 Å². The molecular weight excluding hydrogens is 228 g/mol. The van der Waals surface area contributed by atoms with Gasteiger partial charge in [0.25, 0.3) is 0 Å². The molecule has 0 unspecified atom stereocenters. The highest BCUT2D eigenvalue weighted by molar-refractivity contribution is 7.80. The van der Waals surface area contributed by atoms with E-state index in [-0.39, 0.29) is 5.11 Å². The zero-order chi connectivity index (χ0) is 11.3. The van der Waals surface area contributed by atoms with Gasteiger partial charge < -0.3 is 11.1 Å². The first kappa shape index (κ1) is 11.7. The van der Waals surface area contributed by atoms with Gasteiger partial charge in [0, 0.05) is 5.69 Å². The van der Waals surface area contributed by atoms with E-state index in [9.17, 15) is 0 Å². The molecule has 0 aliphatic carbocycles. The van der Waals surface area contributed by atoms with Crippen molar-refractivity contribution in [3.8, 4) is 0 Å². The zero-order valence-electron chi connectivity index (χ0n) is 8.20. The fourth-order valence-electron chi connectivity index (χ4n) is 0.985. The van der Waals surface area contributed by atoms with Crippen molar-refractivity contribution >= 4 is 40.3 Å². The van der Waals surface area contributed by atoms with Crippen LogP contribution in [0.5, 0.6) is 0 Å². The van der Waals surface area contributed by atoms with Crippen molar-refractivity contribution in [3.05, 3.63) is 29.8 Å². The van der Waals surface area contributed by atoms with E-state index in [2.05, 4.69) is 28.4 Å². The first-order chi connectivity index (χ1) is 7.09. The van der Waals surface area contributed by atoms with Gasteiger partial charge in [-0.3, -0.25) is 10.9 Å². The molecule has 0 atom stereocenters. The van der Waals surface area contributed by atoms with E-state index in [1.165, 1.54) is 0 Å². The van der Waals surface area contributed by atoms with Crippen molar-refractivity contribution in [1.82, 2.24) is 10.9 Å². The summed E-state index contributed by atoms with van der Waals surface area (Å²) in [5, 5.41) is 3.56. The molecule has 0 saturated carbocycles. The summed E-state index contributed by atoms with van der Waals surface area (Å²) in [7, 11) is 0. The Balaban J connectivity index is 2.52. The number of hydrazine groups is 1. The Kier molecular flexibility index (Phi) is 4.26. The van der Waals surface area contributed by atoms with Gasteiger partial charge in [-0.05, 0) is 43.0 Å². The maximum atomic E-state index is 5.23. The third-order valence-electron chi connectivity index (χ3n) is 1.69. The van der Waals surface area contributed by atoms with Crippen LogP contribution < -0.4 is 21.9 Å². The maximum Gasteiger partial charge on any atom is 0.189 e. The Morgan fingerprint density at radius 2 is 1.87 bits per heavy atom. The van der Waals surface area contributed by atoms with Crippen LogP contribution in [-0.4, -0.2) is 10.2 Å². The highest BCUT2D eigenvalue weighted by Gasteiger charge is 1.99. The topological polar surface area (TPSA) is 62.1 Å². The number of rotatable bonds is 1. The van der Waals surface area contributed by atoms with E-state index >= 15 is 0 Å². The SMILES string of the molecule is Cc1ccccc1NC(=S)NNC(N)=S. The third-order valence-corrected chi connectivity index (χ3v) is 2.00. The quantitative estimate of drug-likeness (QED) is 0.434. The Bertz CT molecular complexity index is 378. The number of para-hydroxylation sites is 1. The van der Waals surface area contributed by atoms with Gasteiger partial charge >= 0.3 is 0 Å². The Labute approximate surface area is 99.2 Å². The zero-order valence-corrected chi connectivity index (χ0v) is 9.84. The van der Waals surface area contributed by atoms with Gasteiger partial charge in [-0.15, -0.1) is 0 Å². The van der Waals surface area contributed by atoms with Gasteiger partial charge in [0.05, 0.1) is 0 Å². The number of thiocarbonyl (C=S) groups is 2. The molecular formula is C9H12N4S2. The molecule has 1 rings (SSSR count). The second-order valence-corrected chi connectivity index (χ2v) is 3.73. The van der Waals surface area contributed by atoms with Gasteiger partial charge in [-0.1, -0.05) is 18.2 Å². The molecule has 15 heavy (non-hydrogen) atoms. The number of benzene rings is 1. The summed E-state index contributed by atoms with van der Waals surface area (Å²) in [6, 6.07) is 7.82. The van der Waals surface area contributed by atoms with Crippen molar-refractivity contribution in [2.24, 2.45) is 5.73 Å². The monoisotopic (exact) mass is 240 g/mol. The molecule has 0 amide bonds. The van der Waals surface area contributed by atoms with Crippen molar-refractivity contribution in [3.63, 3.8) is 0 Å². The van der Waals surface area contributed by atoms with Crippen LogP contribution in [0.1, 0.15) is 5.56 Å². The predicted molar refractivity (Wildman–Crippen MR) is 70.5 cm³/mol. The summed E-state index contributed by atoms with van der Waals surface area (Å²) in [5.74, 6) is 0. The third kappa shape index (κ3) is 4.09. The number of hydrogen-bond donors (Lipinski definition) is 4. The predicted octanol–water partition coefficient (Wildman–Crippen LogP) is 1.03. The Hall–Kier alpha value is -1.40. The first-order valence-electron chi connectivity index (χ1n) is 4.27. The Morgan fingerprint density at radius 1 is 1.20 bits per heavy atom. The second kappa shape index (κ2) is 5.47. The van der Waals surface area contributed by atoms with E-state index < -0.39 is 0 Å². The largest absolute Gasteiger partial charge is 0.375 e. The number of nitrogens with one attached hydrogen (secondary N) is 3. The van der Waals surface area contributed by atoms with Crippen LogP contribution in [0.3, 0.4) is 0 Å². The van der Waals surface area contributed by atoms with Crippen LogP contribution in [0.4, 0.5) is 5.69 Å². The Morgan fingerprint density at radius 3 is 2.47 bits per heavy atom. The lowest BCUT2D eigenvalue weighted by Gasteiger charge is -2.12. The number of hydrogen-bond acceptors (Lipinski definition) is 2. The fraction of sp³-hybridized carbons (Fsp3) is 0.111. The number of nitrogens with two attached hydrogens (primary N) is 1. The molecule has 0 radical (unpaired) electrons. The molecule has 1 aromatic rings. The summed E-state index contributed by atoms with van der Waals surface area (Å²) in [6.45, 7) is 1.99. The van der Waals surface area contributed by atoms with Gasteiger partial charge in [-0.2, -0.15) is 0 Å². The van der Waals surface area contributed by atoms with Crippen LogP contribution in [0.15, 0.2) is 24.3 Å². The molecule has 0 aliphatic heterocycles. The van der Waals surface area contributed by atoms with Crippen molar-refractivity contribution in [2.45, 2.75) is 6.92 Å². The molecule has 0 aliphatic rings. The van der Waals surface area contributed by atoms with E-state index in [4.69, 9.17) is 18.0 Å². The first-order valence-corrected chi connectivity index (χ1v) is 5.09. The molecule has 0 fully saturated rings. The lowest BCUT2D eigenvalue weighted by molar-refractivity contribution is 0.879. The molecule has 0 aromatic heterocycles. The van der Waals surface area contributed by atoms with E-state index in [0.29, 0.717) is 5.11 Å². The van der Waals surface area contributed by atoms with Crippen molar-refractivity contribution < 1.29 is 0 Å². The van der Waals surface area contributed by atoms with Crippen molar-refractivity contribution in [1.29, 1.82) is 0 Å². The smallest absolute Gasteiger partial charge is 0.189 e. The minimum Gasteiger partial charge on any atom is -0.375 e. The van der Waals surface area contributed by atoms with Gasteiger partial charge in [0.1, 0.15) is 0 Å². The second-order valence-electron chi connectivity index (χ2n) is 2.88. The summed E-state index contributed by atoms with van der Waals surface area (Å²) in [4.78, 5) is 0. The molecule has 0 heterocycles. The minimum atomic E-state index is 0.143. The summed E-state index contributed by atoms with van der Waals surface area (Å²) in [5.41, 5.74) is 12.5. The van der Waals surface area contributed by atoms with Crippen LogP contribution in [0, 0.1) is 6.92 Å². The van der Waals surface area contributed by atoms with Crippen LogP contribution >= 0.6 is 24.4 Å². The molecule has 0 saturated heterocycles. The standard InChI is InChI=1S/C9H12N4S2/c1-6-4-2-3-5-7(6)11-9(15)13-12-8(10)14/h2-5H,1H3,(H3,10,12,14)(H2,11,13,15). The average molecular weight is 240 g/mol. The van der Waals surface area contributed by atoms with Gasteiger partial charge in [0.2, 0.25) is 0 Å². The van der Waals surface area contributed by atoms with E-state index in [0.717, 1.165) is 11.3 Å². The van der Waals surface area contributed by atoms with Crippen molar-refractivity contribution in [2.75, 3.05) is 5.32 Å². The number of aryl methyl sites for hydroxylation is 1. The highest BCUT2D eigenvalue weighted by atomic mass is 32.1. The molecule has 0 spiro atoms. The lowest BCUT2D eigenvalue weighted by atomic mass is 10.2. The lowest BCUT2D eigenvalue weighted by Crippen LogP contribution is -2.46. The molecule has 6 heteroatoms. The molecule has 80 valence electrons. The van der Waals surface area contributed by atoms with Crippen LogP contribution in [0.25, 0.3) is 0 Å². The average Bonchev–Trinajstić information content (AvgIpc) is 2.18. The number of anilines is 1. The summed E-state index contributed by atoms with van der Waals surface area (Å²) < 4.78 is 0. The molecule has 1 aromatic carbocycles. The molecule has 4 nitrogen and oxygen atoms in total. The highest BCUT2D eigenvalue weighted by Crippen LogP contribution is 2.12. The fourth-order valence-corrected chi connectivity index (χ4v) is 1.20. The van der Waals surface area contributed by atoms with Gasteiger partial charge in [-0.25, -0.2) is 0 Å². The van der Waals surface area contributed by atoms with E-state index in [1.54, 1.807) is 0 Å². The molecule has 0 bridgehead atoms. The summed E-state index contributed by atoms with van der Waals surface area (Å²) in [6.07, 6.45) is 0. The van der Waals surface area contributed by atoms with Crippen LogP contribution in [-0.2, 0) is 0 Å². The summed E-state index contributed by atoms with van der Waals surface area (Å²) >= 11 is 9.64. The maximum absolute atomic E-state index is 5.23. The normalized spacial score (nSPS) is 9.13. The van der Waals surface area contributed by atoms with Gasteiger partial charge in [0.15, 0.2) is 10.2 Å². The minimum absolute atomic E-state index is 0.143. The molecule has 5 N–H and O–H groups in total.